The lowest BCUT2D eigenvalue weighted by atomic mass is 9.72. The maximum absolute atomic E-state index is 6.17. The van der Waals surface area contributed by atoms with Crippen molar-refractivity contribution in [2.24, 2.45) is 17.7 Å². The van der Waals surface area contributed by atoms with E-state index in [-0.39, 0.29) is 5.60 Å². The highest BCUT2D eigenvalue weighted by Crippen LogP contribution is 2.41. The van der Waals surface area contributed by atoms with E-state index < -0.39 is 0 Å². The Morgan fingerprint density at radius 3 is 2.40 bits per heavy atom. The minimum atomic E-state index is 0.0882. The first-order valence-corrected chi connectivity index (χ1v) is 8.51. The lowest BCUT2D eigenvalue weighted by Crippen LogP contribution is -2.53. The van der Waals surface area contributed by atoms with Gasteiger partial charge in [-0.1, -0.05) is 19.3 Å². The second-order valence-electron chi connectivity index (χ2n) is 6.99. The number of nitrogens with one attached hydrogen (secondary N) is 1. The van der Waals surface area contributed by atoms with Crippen LogP contribution in [0.3, 0.4) is 0 Å². The molecule has 3 rings (SSSR count). The van der Waals surface area contributed by atoms with Crippen molar-refractivity contribution in [3.63, 3.8) is 0 Å². The minimum Gasteiger partial charge on any atom is -0.381 e. The van der Waals surface area contributed by atoms with Gasteiger partial charge in [-0.3, -0.25) is 11.3 Å². The van der Waals surface area contributed by atoms with Crippen LogP contribution in [0, 0.1) is 11.8 Å². The van der Waals surface area contributed by atoms with Crippen LogP contribution >= 0.6 is 0 Å². The highest BCUT2D eigenvalue weighted by Gasteiger charge is 2.42. The molecule has 3 fully saturated rings. The lowest BCUT2D eigenvalue weighted by molar-refractivity contribution is -0.152. The maximum atomic E-state index is 6.17. The molecule has 2 heterocycles. The molecule has 1 spiro atoms. The third-order valence-electron chi connectivity index (χ3n) is 5.79. The number of ether oxygens (including phenoxy) is 2. The first-order chi connectivity index (χ1) is 9.83. The normalized spacial score (nSPS) is 33.1. The highest BCUT2D eigenvalue weighted by molar-refractivity contribution is 4.94. The largest absolute Gasteiger partial charge is 0.381 e. The molecule has 0 aromatic carbocycles. The third kappa shape index (κ3) is 3.19. The molecular formula is C16H30N2O2. The molecule has 2 saturated heterocycles. The molecule has 3 N–H and O–H groups in total. The van der Waals surface area contributed by atoms with Gasteiger partial charge in [-0.2, -0.15) is 0 Å². The predicted molar refractivity (Wildman–Crippen MR) is 79.1 cm³/mol. The van der Waals surface area contributed by atoms with E-state index in [1.807, 2.05) is 0 Å². The number of hydrogen-bond acceptors (Lipinski definition) is 4. The fourth-order valence-corrected chi connectivity index (χ4v) is 4.61. The molecule has 2 unspecified atom stereocenters. The zero-order valence-electron chi connectivity index (χ0n) is 12.6. The quantitative estimate of drug-likeness (QED) is 0.616. The Kier molecular flexibility index (Phi) is 4.97. The van der Waals surface area contributed by atoms with Crippen molar-refractivity contribution in [2.75, 3.05) is 19.8 Å². The summed E-state index contributed by atoms with van der Waals surface area (Å²) < 4.78 is 11.7. The summed E-state index contributed by atoms with van der Waals surface area (Å²) in [6, 6.07) is 0.485. The van der Waals surface area contributed by atoms with Gasteiger partial charge in [0.1, 0.15) is 0 Å². The van der Waals surface area contributed by atoms with Crippen molar-refractivity contribution >= 4 is 0 Å². The molecule has 1 saturated carbocycles. The molecule has 4 heteroatoms. The first-order valence-electron chi connectivity index (χ1n) is 8.51. The van der Waals surface area contributed by atoms with Gasteiger partial charge in [0, 0.05) is 25.9 Å². The predicted octanol–water partition coefficient (Wildman–Crippen LogP) is 2.37. The van der Waals surface area contributed by atoms with Crippen LogP contribution in [0.2, 0.25) is 0 Å². The van der Waals surface area contributed by atoms with Gasteiger partial charge in [0.05, 0.1) is 5.60 Å². The van der Waals surface area contributed by atoms with Crippen LogP contribution in [0.25, 0.3) is 0 Å². The molecular weight excluding hydrogens is 252 g/mol. The average Bonchev–Trinajstić information content (AvgIpc) is 2.50. The van der Waals surface area contributed by atoms with Crippen molar-refractivity contribution in [3.05, 3.63) is 0 Å². The smallest absolute Gasteiger partial charge is 0.0729 e. The monoisotopic (exact) mass is 282 g/mol. The Morgan fingerprint density at radius 1 is 0.950 bits per heavy atom. The summed E-state index contributed by atoms with van der Waals surface area (Å²) in [4.78, 5) is 0. The average molecular weight is 282 g/mol. The molecule has 3 aliphatic rings. The van der Waals surface area contributed by atoms with E-state index in [1.165, 1.54) is 38.5 Å². The fraction of sp³-hybridized carbons (Fsp3) is 1.00. The van der Waals surface area contributed by atoms with Crippen LogP contribution in [0.4, 0.5) is 0 Å². The summed E-state index contributed by atoms with van der Waals surface area (Å²) in [7, 11) is 0. The molecule has 0 amide bonds. The fourth-order valence-electron chi connectivity index (χ4n) is 4.61. The van der Waals surface area contributed by atoms with Crippen LogP contribution < -0.4 is 11.3 Å². The SMILES string of the molecule is NNC(C1CCCCC1)C1CCOC2(CCOCC2)C1. The van der Waals surface area contributed by atoms with Crippen LogP contribution in [-0.4, -0.2) is 31.5 Å². The van der Waals surface area contributed by atoms with Gasteiger partial charge >= 0.3 is 0 Å². The summed E-state index contributed by atoms with van der Waals surface area (Å²) in [5.41, 5.74) is 3.26. The summed E-state index contributed by atoms with van der Waals surface area (Å²) in [5, 5.41) is 0. The Balaban J connectivity index is 1.64. The van der Waals surface area contributed by atoms with Crippen LogP contribution in [0.1, 0.15) is 57.8 Å². The zero-order valence-corrected chi connectivity index (χ0v) is 12.6. The van der Waals surface area contributed by atoms with E-state index in [4.69, 9.17) is 15.3 Å². The minimum absolute atomic E-state index is 0.0882. The van der Waals surface area contributed by atoms with Crippen molar-refractivity contribution in [1.82, 2.24) is 5.43 Å². The van der Waals surface area contributed by atoms with Gasteiger partial charge < -0.3 is 9.47 Å². The second kappa shape index (κ2) is 6.73. The first kappa shape index (κ1) is 14.8. The zero-order chi connectivity index (χ0) is 13.8. The molecule has 20 heavy (non-hydrogen) atoms. The molecule has 0 bridgehead atoms. The molecule has 0 aromatic rings. The summed E-state index contributed by atoms with van der Waals surface area (Å²) >= 11 is 0. The van der Waals surface area contributed by atoms with Gasteiger partial charge in [0.2, 0.25) is 0 Å². The van der Waals surface area contributed by atoms with E-state index in [0.29, 0.717) is 12.0 Å². The number of hydrogen-bond donors (Lipinski definition) is 2. The summed E-state index contributed by atoms with van der Waals surface area (Å²) in [5.74, 6) is 7.38. The number of nitrogens with two attached hydrogens (primary N) is 1. The summed E-state index contributed by atoms with van der Waals surface area (Å²) in [6.07, 6.45) is 11.3. The van der Waals surface area contributed by atoms with Gasteiger partial charge in [-0.05, 0) is 50.4 Å². The van der Waals surface area contributed by atoms with Crippen molar-refractivity contribution in [2.45, 2.75) is 69.4 Å². The standard InChI is InChI=1S/C16H30N2O2/c17-18-15(13-4-2-1-3-5-13)14-6-9-20-16(12-14)7-10-19-11-8-16/h13-15,18H,1-12,17H2. The number of rotatable bonds is 3. The van der Waals surface area contributed by atoms with E-state index in [0.717, 1.165) is 45.0 Å². The van der Waals surface area contributed by atoms with Gasteiger partial charge in [0.25, 0.3) is 0 Å². The van der Waals surface area contributed by atoms with Crippen molar-refractivity contribution in [1.29, 1.82) is 0 Å². The van der Waals surface area contributed by atoms with Crippen LogP contribution in [0.5, 0.6) is 0 Å². The topological polar surface area (TPSA) is 56.5 Å². The Hall–Kier alpha value is -0.160. The second-order valence-corrected chi connectivity index (χ2v) is 6.99. The van der Waals surface area contributed by atoms with Crippen molar-refractivity contribution in [3.8, 4) is 0 Å². The number of hydrazine groups is 1. The molecule has 1 aliphatic carbocycles. The molecule has 116 valence electrons. The highest BCUT2D eigenvalue weighted by atomic mass is 16.5. The van der Waals surface area contributed by atoms with E-state index in [9.17, 15) is 0 Å². The van der Waals surface area contributed by atoms with E-state index >= 15 is 0 Å². The van der Waals surface area contributed by atoms with E-state index in [1.54, 1.807) is 0 Å². The third-order valence-corrected chi connectivity index (χ3v) is 5.79. The molecule has 0 aromatic heterocycles. The molecule has 4 nitrogen and oxygen atoms in total. The molecule has 2 atom stereocenters. The van der Waals surface area contributed by atoms with Gasteiger partial charge in [-0.15, -0.1) is 0 Å². The van der Waals surface area contributed by atoms with Crippen LogP contribution in [-0.2, 0) is 9.47 Å². The Morgan fingerprint density at radius 2 is 1.70 bits per heavy atom. The molecule has 0 radical (unpaired) electrons. The summed E-state index contributed by atoms with van der Waals surface area (Å²) in [6.45, 7) is 2.61. The van der Waals surface area contributed by atoms with Crippen LogP contribution in [0.15, 0.2) is 0 Å². The maximum Gasteiger partial charge on any atom is 0.0729 e. The van der Waals surface area contributed by atoms with Gasteiger partial charge in [-0.25, -0.2) is 0 Å². The molecule has 2 aliphatic heterocycles. The van der Waals surface area contributed by atoms with Gasteiger partial charge in [0.15, 0.2) is 0 Å². The van der Waals surface area contributed by atoms with E-state index in [2.05, 4.69) is 5.43 Å². The van der Waals surface area contributed by atoms with Crippen molar-refractivity contribution < 1.29 is 9.47 Å². The Labute approximate surface area is 122 Å². The Bertz CT molecular complexity index is 293. The lowest BCUT2D eigenvalue weighted by Gasteiger charge is -2.47.